The van der Waals surface area contributed by atoms with Crippen molar-refractivity contribution in [3.05, 3.63) is 113 Å². The Morgan fingerprint density at radius 3 is 2.22 bits per heavy atom. The monoisotopic (exact) mass is 727 g/mol. The Labute approximate surface area is 290 Å². The molecular weight excluding hydrogens is 699 g/mol. The van der Waals surface area contributed by atoms with Crippen LogP contribution in [0.25, 0.3) is 0 Å². The highest BCUT2D eigenvalue weighted by Crippen LogP contribution is 2.53. The number of halogens is 4. The maximum atomic E-state index is 15.1. The topological polar surface area (TPSA) is 144 Å². The molecule has 6 rings (SSSR count). The van der Waals surface area contributed by atoms with E-state index in [9.17, 15) is 26.9 Å². The largest absolute Gasteiger partial charge is 0.493 e. The number of anilines is 2. The van der Waals surface area contributed by atoms with Crippen LogP contribution in [0.3, 0.4) is 0 Å². The third-order valence-electron chi connectivity index (χ3n) is 8.18. The molecule has 1 saturated heterocycles. The predicted octanol–water partition coefficient (Wildman–Crippen LogP) is 5.44. The number of aliphatic carboxylic acids is 1. The number of alkyl halides is 3. The van der Waals surface area contributed by atoms with Crippen LogP contribution in [0.5, 0.6) is 5.75 Å². The standard InChI is InChI=1S/C32H28ClN5O4S.C2HF3O2/c1-2-42-29-9-5-3-7-25(29)32(37-19-17-36(18-20-37)24-13-15-35-16-14-24)26-21-23(22-34)11-12-28(26)38(31(32)39)43(40,41)30-10-6-4-8-27(30)33;3-2(4,5)1(6)7/h3-16,21H,2,17-20H2,1H3;(H,6,7). The highest BCUT2D eigenvalue weighted by molar-refractivity contribution is 7.93. The number of benzene rings is 3. The second-order valence-electron chi connectivity index (χ2n) is 11.0. The van der Waals surface area contributed by atoms with E-state index >= 15 is 4.79 Å². The maximum absolute atomic E-state index is 15.1. The van der Waals surface area contributed by atoms with Crippen molar-refractivity contribution in [3.63, 3.8) is 0 Å². The molecule has 0 aliphatic carbocycles. The summed E-state index contributed by atoms with van der Waals surface area (Å²) in [5.41, 5.74) is 0.784. The van der Waals surface area contributed by atoms with E-state index in [2.05, 4.69) is 16.0 Å². The van der Waals surface area contributed by atoms with Crippen LogP contribution in [0.2, 0.25) is 5.02 Å². The molecule has 0 saturated carbocycles. The number of hydrogen-bond acceptors (Lipinski definition) is 9. The fourth-order valence-corrected chi connectivity index (χ4v) is 8.03. The number of rotatable bonds is 7. The molecule has 0 radical (unpaired) electrons. The van der Waals surface area contributed by atoms with E-state index in [4.69, 9.17) is 26.2 Å². The van der Waals surface area contributed by atoms with Gasteiger partial charge in [0.25, 0.3) is 15.9 Å². The van der Waals surface area contributed by atoms with Crippen LogP contribution in [-0.2, 0) is 25.2 Å². The normalized spacial score (nSPS) is 17.7. The van der Waals surface area contributed by atoms with Crippen LogP contribution in [0, 0.1) is 11.3 Å². The van der Waals surface area contributed by atoms with Crippen LogP contribution in [0.4, 0.5) is 24.5 Å². The van der Waals surface area contributed by atoms with E-state index in [-0.39, 0.29) is 15.6 Å². The Bertz CT molecular complexity index is 2050. The van der Waals surface area contributed by atoms with E-state index in [1.807, 2.05) is 30.0 Å². The van der Waals surface area contributed by atoms with Crippen molar-refractivity contribution in [2.45, 2.75) is 23.5 Å². The molecule has 1 atom stereocenters. The van der Waals surface area contributed by atoms with Crippen molar-refractivity contribution >= 4 is 44.9 Å². The first-order valence-electron chi connectivity index (χ1n) is 15.1. The van der Waals surface area contributed by atoms with Gasteiger partial charge in [-0.3, -0.25) is 14.7 Å². The number of amides is 1. The lowest BCUT2D eigenvalue weighted by Crippen LogP contribution is -2.60. The van der Waals surface area contributed by atoms with Gasteiger partial charge in [0, 0.05) is 55.4 Å². The van der Waals surface area contributed by atoms with Crippen molar-refractivity contribution < 1.29 is 41.0 Å². The number of sulfonamides is 1. The molecule has 1 fully saturated rings. The summed E-state index contributed by atoms with van der Waals surface area (Å²) in [5, 5.41) is 17.0. The molecule has 260 valence electrons. The van der Waals surface area contributed by atoms with E-state index in [1.165, 1.54) is 24.3 Å². The third-order valence-corrected chi connectivity index (χ3v) is 10.4. The van der Waals surface area contributed by atoms with Crippen molar-refractivity contribution in [1.82, 2.24) is 9.88 Å². The Balaban J connectivity index is 0.000000630. The summed E-state index contributed by atoms with van der Waals surface area (Å²) in [5.74, 6) is -2.98. The number of carboxylic acids is 1. The lowest BCUT2D eigenvalue weighted by molar-refractivity contribution is -0.192. The number of nitrogens with zero attached hydrogens (tertiary/aromatic N) is 5. The molecule has 11 nitrogen and oxygen atoms in total. The molecular formula is C34H29ClF3N5O6S. The number of carbonyl (C=O) groups excluding carboxylic acids is 1. The van der Waals surface area contributed by atoms with E-state index in [0.29, 0.717) is 55.2 Å². The maximum Gasteiger partial charge on any atom is 0.490 e. The van der Waals surface area contributed by atoms with Gasteiger partial charge in [-0.1, -0.05) is 41.9 Å². The molecule has 1 amide bonds. The van der Waals surface area contributed by atoms with Gasteiger partial charge in [-0.25, -0.2) is 17.5 Å². The molecule has 2 aliphatic rings. The first-order chi connectivity index (χ1) is 23.8. The Morgan fingerprint density at radius 1 is 1.00 bits per heavy atom. The summed E-state index contributed by atoms with van der Waals surface area (Å²) in [7, 11) is -4.46. The summed E-state index contributed by atoms with van der Waals surface area (Å²) in [6.45, 7) is 4.17. The molecule has 1 aromatic heterocycles. The number of carbonyl (C=O) groups is 2. The quantitative estimate of drug-likeness (QED) is 0.261. The smallest absolute Gasteiger partial charge is 0.490 e. The van der Waals surface area contributed by atoms with Crippen molar-refractivity contribution in [2.75, 3.05) is 42.0 Å². The minimum atomic E-state index is -5.08. The minimum absolute atomic E-state index is 0.00340. The number of ether oxygens (including phenoxy) is 1. The van der Waals surface area contributed by atoms with E-state index in [1.54, 1.807) is 48.8 Å². The van der Waals surface area contributed by atoms with Gasteiger partial charge < -0.3 is 14.7 Å². The number of piperazine rings is 1. The SMILES string of the molecule is CCOc1ccccc1C1(N2CCN(c3ccncc3)CC2)C(=O)N(S(=O)(=O)c2ccccc2Cl)c2ccc(C#N)cc21.O=C(O)C(F)(F)F. The molecule has 3 heterocycles. The van der Waals surface area contributed by atoms with Gasteiger partial charge in [-0.2, -0.15) is 18.4 Å². The molecule has 50 heavy (non-hydrogen) atoms. The zero-order valence-corrected chi connectivity index (χ0v) is 27.9. The number of nitriles is 1. The average molecular weight is 728 g/mol. The first kappa shape index (κ1) is 36.1. The van der Waals surface area contributed by atoms with Crippen molar-refractivity contribution in [2.24, 2.45) is 0 Å². The van der Waals surface area contributed by atoms with Crippen molar-refractivity contribution in [1.29, 1.82) is 5.26 Å². The van der Waals surface area contributed by atoms with Gasteiger partial charge in [0.2, 0.25) is 0 Å². The Hall–Kier alpha value is -5.17. The summed E-state index contributed by atoms with van der Waals surface area (Å²) in [6.07, 6.45) is -1.61. The number of pyridine rings is 1. The second kappa shape index (κ2) is 14.4. The fraction of sp³-hybridized carbons (Fsp3) is 0.235. The highest BCUT2D eigenvalue weighted by atomic mass is 35.5. The number of hydrogen-bond donors (Lipinski definition) is 1. The minimum Gasteiger partial charge on any atom is -0.493 e. The first-order valence-corrected chi connectivity index (χ1v) is 16.9. The zero-order chi connectivity index (χ0) is 36.3. The summed E-state index contributed by atoms with van der Waals surface area (Å²) >= 11 is 6.39. The predicted molar refractivity (Wildman–Crippen MR) is 177 cm³/mol. The van der Waals surface area contributed by atoms with Crippen LogP contribution >= 0.6 is 11.6 Å². The van der Waals surface area contributed by atoms with E-state index < -0.39 is 33.6 Å². The number of aromatic nitrogens is 1. The molecule has 3 aromatic carbocycles. The summed E-state index contributed by atoms with van der Waals surface area (Å²) < 4.78 is 67.3. The third kappa shape index (κ3) is 6.57. The lowest BCUT2D eigenvalue weighted by Gasteiger charge is -2.46. The van der Waals surface area contributed by atoms with Gasteiger partial charge in [0.05, 0.1) is 28.9 Å². The van der Waals surface area contributed by atoms with Crippen LogP contribution < -0.4 is 13.9 Å². The number of para-hydroxylation sites is 1. The van der Waals surface area contributed by atoms with Crippen LogP contribution in [0.15, 0.2) is 96.2 Å². The fourth-order valence-electron chi connectivity index (χ4n) is 6.07. The molecule has 1 unspecified atom stereocenters. The lowest BCUT2D eigenvalue weighted by atomic mass is 9.80. The number of carboxylic acid groups (broad SMARTS) is 1. The van der Waals surface area contributed by atoms with Crippen LogP contribution in [0.1, 0.15) is 23.6 Å². The van der Waals surface area contributed by atoms with Gasteiger partial charge in [-0.15, -0.1) is 0 Å². The Kier molecular flexibility index (Phi) is 10.4. The Morgan fingerprint density at radius 2 is 1.62 bits per heavy atom. The average Bonchev–Trinajstić information content (AvgIpc) is 3.37. The van der Waals surface area contributed by atoms with Gasteiger partial charge in [0.15, 0.2) is 5.54 Å². The van der Waals surface area contributed by atoms with Gasteiger partial charge >= 0.3 is 12.1 Å². The van der Waals surface area contributed by atoms with E-state index in [0.717, 1.165) is 9.99 Å². The summed E-state index contributed by atoms with van der Waals surface area (Å²) in [6, 6.07) is 23.9. The number of fused-ring (bicyclic) bond motifs is 1. The molecule has 4 aromatic rings. The molecule has 0 bridgehead atoms. The molecule has 2 aliphatic heterocycles. The molecule has 1 N–H and O–H groups in total. The zero-order valence-electron chi connectivity index (χ0n) is 26.3. The summed E-state index contributed by atoms with van der Waals surface area (Å²) in [4.78, 5) is 32.2. The van der Waals surface area contributed by atoms with Crippen molar-refractivity contribution in [3.8, 4) is 11.8 Å². The highest BCUT2D eigenvalue weighted by Gasteiger charge is 2.60. The molecule has 0 spiro atoms. The second-order valence-corrected chi connectivity index (χ2v) is 13.1. The van der Waals surface area contributed by atoms with Gasteiger partial charge in [-0.05, 0) is 55.5 Å². The molecule has 16 heteroatoms. The van der Waals surface area contributed by atoms with Crippen LogP contribution in [-0.4, -0.2) is 74.2 Å². The van der Waals surface area contributed by atoms with Gasteiger partial charge in [0.1, 0.15) is 10.6 Å².